The summed E-state index contributed by atoms with van der Waals surface area (Å²) in [5, 5.41) is 2.77. The Bertz CT molecular complexity index is 641. The maximum atomic E-state index is 12.6. The molecule has 2 saturated heterocycles. The molecule has 2 aliphatic heterocycles. The van der Waals surface area contributed by atoms with Gasteiger partial charge in [-0.25, -0.2) is 0 Å². The molecule has 2 fully saturated rings. The molecule has 134 valence electrons. The molecule has 3 rings (SSSR count). The Balaban J connectivity index is 1.61. The molecule has 0 aromatic heterocycles. The van der Waals surface area contributed by atoms with Crippen molar-refractivity contribution in [3.05, 3.63) is 35.9 Å². The van der Waals surface area contributed by atoms with Crippen molar-refractivity contribution in [3.8, 4) is 0 Å². The summed E-state index contributed by atoms with van der Waals surface area (Å²) in [5.74, 6) is -0.463. The van der Waals surface area contributed by atoms with Gasteiger partial charge in [0.25, 0.3) is 0 Å². The van der Waals surface area contributed by atoms with E-state index in [1.165, 1.54) is 0 Å². The van der Waals surface area contributed by atoms with Crippen molar-refractivity contribution >= 4 is 17.7 Å². The van der Waals surface area contributed by atoms with Gasteiger partial charge in [0.05, 0.1) is 0 Å². The van der Waals surface area contributed by atoms with Crippen LogP contribution in [0, 0.1) is 0 Å². The maximum Gasteiger partial charge on any atom is 0.245 e. The molecule has 7 heteroatoms. The molecule has 0 spiro atoms. The first-order valence-electron chi connectivity index (χ1n) is 8.72. The molecule has 0 saturated carbocycles. The highest BCUT2D eigenvalue weighted by Gasteiger charge is 2.33. The van der Waals surface area contributed by atoms with Gasteiger partial charge in [-0.3, -0.25) is 19.3 Å². The van der Waals surface area contributed by atoms with E-state index in [1.54, 1.807) is 4.90 Å². The molecule has 0 bridgehead atoms. The van der Waals surface area contributed by atoms with Gasteiger partial charge in [0.15, 0.2) is 0 Å². The lowest BCUT2D eigenvalue weighted by molar-refractivity contribution is -0.140. The average molecular weight is 344 g/mol. The first-order valence-corrected chi connectivity index (χ1v) is 8.72. The van der Waals surface area contributed by atoms with Gasteiger partial charge in [-0.15, -0.1) is 0 Å². The second-order valence-corrected chi connectivity index (χ2v) is 6.59. The SMILES string of the molecule is NC(=O)C(c1ccccc1)N1CCN(C(=O)[C@H]2CCCC(=O)N2)CC1. The molecule has 2 heterocycles. The van der Waals surface area contributed by atoms with Gasteiger partial charge in [-0.1, -0.05) is 30.3 Å². The van der Waals surface area contributed by atoms with Crippen molar-refractivity contribution in [3.63, 3.8) is 0 Å². The second kappa shape index (κ2) is 7.65. The lowest BCUT2D eigenvalue weighted by Gasteiger charge is -2.39. The normalized spacial score (nSPS) is 23.0. The van der Waals surface area contributed by atoms with Crippen LogP contribution in [0.3, 0.4) is 0 Å². The molecule has 2 atom stereocenters. The number of piperidine rings is 1. The minimum atomic E-state index is -0.479. The Morgan fingerprint density at radius 2 is 1.80 bits per heavy atom. The molecule has 7 nitrogen and oxygen atoms in total. The third kappa shape index (κ3) is 3.99. The minimum Gasteiger partial charge on any atom is -0.368 e. The van der Waals surface area contributed by atoms with E-state index in [2.05, 4.69) is 5.32 Å². The Hall–Kier alpha value is -2.41. The second-order valence-electron chi connectivity index (χ2n) is 6.59. The number of carbonyl (C=O) groups excluding carboxylic acids is 3. The highest BCUT2D eigenvalue weighted by atomic mass is 16.2. The fourth-order valence-corrected chi connectivity index (χ4v) is 3.60. The van der Waals surface area contributed by atoms with Crippen LogP contribution < -0.4 is 11.1 Å². The summed E-state index contributed by atoms with van der Waals surface area (Å²) in [4.78, 5) is 39.8. The number of nitrogens with one attached hydrogen (secondary N) is 1. The highest BCUT2D eigenvalue weighted by Crippen LogP contribution is 2.22. The van der Waals surface area contributed by atoms with E-state index in [-0.39, 0.29) is 17.7 Å². The Labute approximate surface area is 147 Å². The maximum absolute atomic E-state index is 12.6. The van der Waals surface area contributed by atoms with Crippen LogP contribution in [-0.2, 0) is 14.4 Å². The monoisotopic (exact) mass is 344 g/mol. The number of primary amides is 1. The Morgan fingerprint density at radius 3 is 2.40 bits per heavy atom. The predicted molar refractivity (Wildman–Crippen MR) is 92.3 cm³/mol. The summed E-state index contributed by atoms with van der Waals surface area (Å²) in [6, 6.07) is 8.57. The zero-order valence-electron chi connectivity index (χ0n) is 14.2. The lowest BCUT2D eigenvalue weighted by atomic mass is 10.0. The van der Waals surface area contributed by atoms with E-state index in [4.69, 9.17) is 5.73 Å². The van der Waals surface area contributed by atoms with Gasteiger partial charge in [0, 0.05) is 32.6 Å². The van der Waals surface area contributed by atoms with E-state index in [1.807, 2.05) is 35.2 Å². The fourth-order valence-electron chi connectivity index (χ4n) is 3.60. The molecule has 25 heavy (non-hydrogen) atoms. The molecule has 1 aromatic rings. The van der Waals surface area contributed by atoms with E-state index in [0.717, 1.165) is 12.0 Å². The van der Waals surface area contributed by atoms with Gasteiger partial charge in [0.1, 0.15) is 12.1 Å². The van der Waals surface area contributed by atoms with Crippen LogP contribution in [-0.4, -0.2) is 59.7 Å². The van der Waals surface area contributed by atoms with Crippen molar-refractivity contribution in [2.24, 2.45) is 5.73 Å². The summed E-state index contributed by atoms with van der Waals surface area (Å²) in [6.45, 7) is 2.22. The van der Waals surface area contributed by atoms with E-state index in [9.17, 15) is 14.4 Å². The third-order valence-corrected chi connectivity index (χ3v) is 4.91. The quantitative estimate of drug-likeness (QED) is 0.805. The van der Waals surface area contributed by atoms with Gasteiger partial charge in [0.2, 0.25) is 17.7 Å². The summed E-state index contributed by atoms with van der Waals surface area (Å²) in [6.07, 6.45) is 1.94. The van der Waals surface area contributed by atoms with Crippen molar-refractivity contribution in [1.82, 2.24) is 15.1 Å². The molecule has 2 aliphatic rings. The van der Waals surface area contributed by atoms with Gasteiger partial charge >= 0.3 is 0 Å². The van der Waals surface area contributed by atoms with E-state index >= 15 is 0 Å². The standard InChI is InChI=1S/C18H24N4O3/c19-17(24)16(13-5-2-1-3-6-13)21-9-11-22(12-10-21)18(25)14-7-4-8-15(23)20-14/h1-3,5-6,14,16H,4,7-12H2,(H2,19,24)(H,20,23)/t14-,16?/m1/s1. The first kappa shape index (κ1) is 17.4. The number of hydrogen-bond acceptors (Lipinski definition) is 4. The van der Waals surface area contributed by atoms with Crippen molar-refractivity contribution in [2.45, 2.75) is 31.3 Å². The molecule has 3 amide bonds. The first-order chi connectivity index (χ1) is 12.1. The van der Waals surface area contributed by atoms with Crippen molar-refractivity contribution in [1.29, 1.82) is 0 Å². The summed E-state index contributed by atoms with van der Waals surface area (Å²) in [5.41, 5.74) is 6.49. The number of hydrogen-bond donors (Lipinski definition) is 2. The van der Waals surface area contributed by atoms with Gasteiger partial charge in [-0.2, -0.15) is 0 Å². The number of nitrogens with zero attached hydrogens (tertiary/aromatic N) is 2. The van der Waals surface area contributed by atoms with Crippen LogP contribution in [0.5, 0.6) is 0 Å². The lowest BCUT2D eigenvalue weighted by Crippen LogP contribution is -2.57. The van der Waals surface area contributed by atoms with Crippen LogP contribution in [0.25, 0.3) is 0 Å². The zero-order valence-corrected chi connectivity index (χ0v) is 14.2. The average Bonchev–Trinajstić information content (AvgIpc) is 2.62. The smallest absolute Gasteiger partial charge is 0.245 e. The van der Waals surface area contributed by atoms with Crippen molar-refractivity contribution < 1.29 is 14.4 Å². The molecular formula is C18H24N4O3. The largest absolute Gasteiger partial charge is 0.368 e. The van der Waals surface area contributed by atoms with E-state index < -0.39 is 12.1 Å². The van der Waals surface area contributed by atoms with Gasteiger partial charge < -0.3 is 16.0 Å². The van der Waals surface area contributed by atoms with Crippen molar-refractivity contribution in [2.75, 3.05) is 26.2 Å². The summed E-state index contributed by atoms with van der Waals surface area (Å²) < 4.78 is 0. The molecular weight excluding hydrogens is 320 g/mol. The third-order valence-electron chi connectivity index (χ3n) is 4.91. The van der Waals surface area contributed by atoms with Crippen LogP contribution in [0.2, 0.25) is 0 Å². The molecule has 1 unspecified atom stereocenters. The van der Waals surface area contributed by atoms with Crippen LogP contribution in [0.1, 0.15) is 30.9 Å². The topological polar surface area (TPSA) is 95.7 Å². The molecule has 1 aromatic carbocycles. The highest BCUT2D eigenvalue weighted by molar-refractivity contribution is 5.88. The number of benzene rings is 1. The van der Waals surface area contributed by atoms with Crippen LogP contribution in [0.4, 0.5) is 0 Å². The van der Waals surface area contributed by atoms with E-state index in [0.29, 0.717) is 39.0 Å². The summed E-state index contributed by atoms with van der Waals surface area (Å²) in [7, 11) is 0. The number of amides is 3. The molecule has 3 N–H and O–H groups in total. The molecule has 0 radical (unpaired) electrons. The zero-order chi connectivity index (χ0) is 17.8. The summed E-state index contributed by atoms with van der Waals surface area (Å²) >= 11 is 0. The number of carbonyl (C=O) groups is 3. The Morgan fingerprint density at radius 1 is 1.12 bits per heavy atom. The van der Waals surface area contributed by atoms with Gasteiger partial charge in [-0.05, 0) is 18.4 Å². The number of rotatable bonds is 4. The van der Waals surface area contributed by atoms with Crippen LogP contribution >= 0.6 is 0 Å². The Kier molecular flexibility index (Phi) is 5.33. The number of nitrogens with two attached hydrogens (primary N) is 1. The predicted octanol–water partition coefficient (Wildman–Crippen LogP) is 0.0259. The fraction of sp³-hybridized carbons (Fsp3) is 0.500. The number of piperazine rings is 1. The molecule has 0 aliphatic carbocycles. The van der Waals surface area contributed by atoms with Crippen LogP contribution in [0.15, 0.2) is 30.3 Å². The minimum absolute atomic E-state index is 0.0250.